The zero-order valence-corrected chi connectivity index (χ0v) is 6.56. The molecule has 0 saturated carbocycles. The Kier molecular flexibility index (Phi) is 7.37. The lowest BCUT2D eigenvalue weighted by atomic mass is 10.2. The molecule has 1 heteroatoms. The summed E-state index contributed by atoms with van der Waals surface area (Å²) >= 11 is 0. The standard InChI is InChI=1S/C9H15N/c1-3-5-7-9-10-8-6-4-2/h2,6,8,10H,3,5,7,9H2,1H3/b8-6+. The van der Waals surface area contributed by atoms with Crippen molar-refractivity contribution in [2.45, 2.75) is 26.2 Å². The third kappa shape index (κ3) is 7.10. The largest absolute Gasteiger partial charge is 0.390 e. The van der Waals surface area contributed by atoms with E-state index in [2.05, 4.69) is 18.2 Å². The average Bonchev–Trinajstić information content (AvgIpc) is 1.97. The Bertz CT molecular complexity index is 119. The second-order valence-corrected chi connectivity index (χ2v) is 2.16. The first-order valence-electron chi connectivity index (χ1n) is 3.76. The third-order valence-corrected chi connectivity index (χ3v) is 1.22. The molecule has 0 rings (SSSR count). The van der Waals surface area contributed by atoms with Gasteiger partial charge in [-0.3, -0.25) is 0 Å². The highest BCUT2D eigenvalue weighted by atomic mass is 14.8. The SMILES string of the molecule is C#C/C=C/NCCCCC. The van der Waals surface area contributed by atoms with E-state index in [1.54, 1.807) is 6.08 Å². The Hall–Kier alpha value is -0.900. The Morgan fingerprint density at radius 3 is 2.90 bits per heavy atom. The lowest BCUT2D eigenvalue weighted by Gasteiger charge is -1.96. The third-order valence-electron chi connectivity index (χ3n) is 1.22. The number of rotatable bonds is 5. The molecule has 0 heterocycles. The van der Waals surface area contributed by atoms with E-state index in [9.17, 15) is 0 Å². The molecular formula is C9H15N. The smallest absolute Gasteiger partial charge is 0.0141 e. The molecule has 0 aromatic rings. The monoisotopic (exact) mass is 137 g/mol. The molecule has 0 radical (unpaired) electrons. The van der Waals surface area contributed by atoms with Gasteiger partial charge in [0.2, 0.25) is 0 Å². The number of allylic oxidation sites excluding steroid dienone is 1. The molecule has 1 N–H and O–H groups in total. The molecule has 0 amide bonds. The lowest BCUT2D eigenvalue weighted by molar-refractivity contribution is 0.683. The van der Waals surface area contributed by atoms with Gasteiger partial charge in [0.25, 0.3) is 0 Å². The van der Waals surface area contributed by atoms with Crippen molar-refractivity contribution in [3.8, 4) is 12.3 Å². The zero-order chi connectivity index (χ0) is 7.66. The van der Waals surface area contributed by atoms with E-state index in [0.717, 1.165) is 6.54 Å². The van der Waals surface area contributed by atoms with Crippen molar-refractivity contribution >= 4 is 0 Å². The highest BCUT2D eigenvalue weighted by molar-refractivity contribution is 5.07. The molecule has 0 aromatic carbocycles. The fourth-order valence-corrected chi connectivity index (χ4v) is 0.667. The highest BCUT2D eigenvalue weighted by Gasteiger charge is 1.80. The normalized spacial score (nSPS) is 9.60. The fraction of sp³-hybridized carbons (Fsp3) is 0.556. The van der Waals surface area contributed by atoms with Crippen LogP contribution >= 0.6 is 0 Å². The predicted octanol–water partition coefficient (Wildman–Crippen LogP) is 1.91. The van der Waals surface area contributed by atoms with Crippen LogP contribution < -0.4 is 5.32 Å². The molecule has 0 aromatic heterocycles. The average molecular weight is 137 g/mol. The number of hydrogen-bond acceptors (Lipinski definition) is 1. The zero-order valence-electron chi connectivity index (χ0n) is 6.56. The van der Waals surface area contributed by atoms with Gasteiger partial charge >= 0.3 is 0 Å². The molecule has 0 atom stereocenters. The van der Waals surface area contributed by atoms with Crippen LogP contribution in [0.15, 0.2) is 12.3 Å². The van der Waals surface area contributed by atoms with Crippen LogP contribution in [0.25, 0.3) is 0 Å². The topological polar surface area (TPSA) is 12.0 Å². The molecule has 0 bridgehead atoms. The molecule has 0 aliphatic heterocycles. The van der Waals surface area contributed by atoms with E-state index in [1.165, 1.54) is 19.3 Å². The summed E-state index contributed by atoms with van der Waals surface area (Å²) in [6, 6.07) is 0. The highest BCUT2D eigenvalue weighted by Crippen LogP contribution is 1.90. The van der Waals surface area contributed by atoms with Crippen LogP contribution in [0.5, 0.6) is 0 Å². The van der Waals surface area contributed by atoms with Crippen molar-refractivity contribution in [1.82, 2.24) is 5.32 Å². The van der Waals surface area contributed by atoms with Crippen molar-refractivity contribution in [1.29, 1.82) is 0 Å². The maximum absolute atomic E-state index is 4.99. The molecule has 1 nitrogen and oxygen atoms in total. The molecule has 10 heavy (non-hydrogen) atoms. The predicted molar refractivity (Wildman–Crippen MR) is 45.5 cm³/mol. The van der Waals surface area contributed by atoms with Crippen LogP contribution in [0.4, 0.5) is 0 Å². The number of hydrogen-bond donors (Lipinski definition) is 1. The van der Waals surface area contributed by atoms with Crippen LogP contribution in [0, 0.1) is 12.3 Å². The molecule has 0 fully saturated rings. The summed E-state index contributed by atoms with van der Waals surface area (Å²) in [6.07, 6.45) is 12.3. The summed E-state index contributed by atoms with van der Waals surface area (Å²) in [5, 5.41) is 3.10. The molecule has 0 aliphatic carbocycles. The van der Waals surface area contributed by atoms with Crippen LogP contribution in [-0.2, 0) is 0 Å². The first-order valence-corrected chi connectivity index (χ1v) is 3.76. The summed E-state index contributed by atoms with van der Waals surface area (Å²) in [5.41, 5.74) is 0. The molecule has 56 valence electrons. The van der Waals surface area contributed by atoms with E-state index < -0.39 is 0 Å². The van der Waals surface area contributed by atoms with E-state index in [-0.39, 0.29) is 0 Å². The first-order chi connectivity index (χ1) is 4.91. The maximum Gasteiger partial charge on any atom is 0.0141 e. The minimum atomic E-state index is 1.03. The Morgan fingerprint density at radius 2 is 2.30 bits per heavy atom. The van der Waals surface area contributed by atoms with Crippen LogP contribution in [0.1, 0.15) is 26.2 Å². The minimum absolute atomic E-state index is 1.03. The summed E-state index contributed by atoms with van der Waals surface area (Å²) < 4.78 is 0. The van der Waals surface area contributed by atoms with Gasteiger partial charge in [0.05, 0.1) is 0 Å². The maximum atomic E-state index is 4.99. The molecular weight excluding hydrogens is 122 g/mol. The minimum Gasteiger partial charge on any atom is -0.390 e. The van der Waals surface area contributed by atoms with Gasteiger partial charge in [0.1, 0.15) is 0 Å². The van der Waals surface area contributed by atoms with E-state index >= 15 is 0 Å². The number of unbranched alkanes of at least 4 members (excludes halogenated alkanes) is 2. The van der Waals surface area contributed by atoms with Gasteiger partial charge in [-0.25, -0.2) is 0 Å². The van der Waals surface area contributed by atoms with Gasteiger partial charge in [-0.05, 0) is 6.42 Å². The van der Waals surface area contributed by atoms with Crippen LogP contribution in [0.3, 0.4) is 0 Å². The van der Waals surface area contributed by atoms with Gasteiger partial charge < -0.3 is 5.32 Å². The van der Waals surface area contributed by atoms with Crippen molar-refractivity contribution in [2.75, 3.05) is 6.54 Å². The molecule has 0 saturated heterocycles. The van der Waals surface area contributed by atoms with Crippen molar-refractivity contribution < 1.29 is 0 Å². The Morgan fingerprint density at radius 1 is 1.50 bits per heavy atom. The van der Waals surface area contributed by atoms with Gasteiger partial charge in [0, 0.05) is 18.8 Å². The summed E-state index contributed by atoms with van der Waals surface area (Å²) in [5.74, 6) is 2.42. The number of terminal acetylenes is 1. The van der Waals surface area contributed by atoms with E-state index in [0.29, 0.717) is 0 Å². The van der Waals surface area contributed by atoms with Crippen molar-refractivity contribution in [3.05, 3.63) is 12.3 Å². The van der Waals surface area contributed by atoms with Gasteiger partial charge in [0.15, 0.2) is 0 Å². The number of nitrogens with one attached hydrogen (secondary N) is 1. The molecule has 0 unspecified atom stereocenters. The van der Waals surface area contributed by atoms with Gasteiger partial charge in [-0.2, -0.15) is 0 Å². The van der Waals surface area contributed by atoms with Crippen molar-refractivity contribution in [3.63, 3.8) is 0 Å². The Balaban J connectivity index is 2.92. The first kappa shape index (κ1) is 9.10. The van der Waals surface area contributed by atoms with Crippen LogP contribution in [-0.4, -0.2) is 6.54 Å². The quantitative estimate of drug-likeness (QED) is 0.451. The summed E-state index contributed by atoms with van der Waals surface area (Å²) in [4.78, 5) is 0. The van der Waals surface area contributed by atoms with Gasteiger partial charge in [-0.1, -0.05) is 25.7 Å². The lowest BCUT2D eigenvalue weighted by Crippen LogP contribution is -2.05. The summed E-state index contributed by atoms with van der Waals surface area (Å²) in [7, 11) is 0. The molecule has 0 aliphatic rings. The van der Waals surface area contributed by atoms with Crippen molar-refractivity contribution in [2.24, 2.45) is 0 Å². The molecule has 0 spiro atoms. The second-order valence-electron chi connectivity index (χ2n) is 2.16. The summed E-state index contributed by atoms with van der Waals surface area (Å²) in [6.45, 7) is 3.23. The second kappa shape index (κ2) is 8.10. The van der Waals surface area contributed by atoms with E-state index in [4.69, 9.17) is 6.42 Å². The van der Waals surface area contributed by atoms with E-state index in [1.807, 2.05) is 6.20 Å². The Labute approximate surface area is 63.5 Å². The van der Waals surface area contributed by atoms with Gasteiger partial charge in [-0.15, -0.1) is 6.42 Å². The fourth-order valence-electron chi connectivity index (χ4n) is 0.667. The van der Waals surface area contributed by atoms with Crippen LogP contribution in [0.2, 0.25) is 0 Å².